The summed E-state index contributed by atoms with van der Waals surface area (Å²) in [6, 6.07) is 23.5. The Morgan fingerprint density at radius 2 is 1.74 bits per heavy atom. The first-order valence-electron chi connectivity index (χ1n) is 14.5. The molecule has 0 spiro atoms. The van der Waals surface area contributed by atoms with Gasteiger partial charge in [0.15, 0.2) is 5.78 Å². The molecule has 4 rings (SSSR count). The Balaban J connectivity index is 1.27. The van der Waals surface area contributed by atoms with E-state index in [1.807, 2.05) is 71.3 Å². The summed E-state index contributed by atoms with van der Waals surface area (Å²) in [4.78, 5) is 13.4. The summed E-state index contributed by atoms with van der Waals surface area (Å²) in [5.74, 6) is 1.85. The molecule has 42 heavy (non-hydrogen) atoms. The Labute approximate surface area is 251 Å². The van der Waals surface area contributed by atoms with Gasteiger partial charge in [-0.25, -0.2) is 0 Å². The van der Waals surface area contributed by atoms with E-state index in [1.165, 1.54) is 0 Å². The summed E-state index contributed by atoms with van der Waals surface area (Å²) in [6.45, 7) is 6.93. The van der Waals surface area contributed by atoms with Crippen LogP contribution in [-0.2, 0) is 39.0 Å². The number of carbonyl (C=O) groups excluding carboxylic acids is 1. The molecule has 1 unspecified atom stereocenters. The highest BCUT2D eigenvalue weighted by atomic mass is 32.2. The van der Waals surface area contributed by atoms with Crippen LogP contribution in [0.5, 0.6) is 5.75 Å². The van der Waals surface area contributed by atoms with Crippen molar-refractivity contribution >= 4 is 22.7 Å². The third-order valence-electron chi connectivity index (χ3n) is 6.66. The highest BCUT2D eigenvalue weighted by molar-refractivity contribution is 7.84. The van der Waals surface area contributed by atoms with Crippen LogP contribution in [0.2, 0.25) is 0 Å². The standard InChI is InChI=1S/C34H39N3O4S/c1-3-5-20-40-21-22-41-32-15-12-29(13-16-32)30-8-6-7-27(23-30)9-14-31(38)24-28-10-17-33(18-11-28)42(39)25-34-36-35-26-37(34)19-4-2/h6-18,23,26H,3-5,19-22,24-25H2,1-2H3/b14-9+. The molecule has 1 aromatic heterocycles. The molecule has 220 valence electrons. The number of ether oxygens (including phenoxy) is 2. The van der Waals surface area contributed by atoms with Crippen LogP contribution in [0, 0.1) is 0 Å². The summed E-state index contributed by atoms with van der Waals surface area (Å²) < 4.78 is 26.1. The van der Waals surface area contributed by atoms with Crippen molar-refractivity contribution in [2.24, 2.45) is 0 Å². The number of allylic oxidation sites excluding steroid dienone is 1. The van der Waals surface area contributed by atoms with Gasteiger partial charge in [0.25, 0.3) is 0 Å². The lowest BCUT2D eigenvalue weighted by atomic mass is 10.0. The third kappa shape index (κ3) is 9.60. The lowest BCUT2D eigenvalue weighted by molar-refractivity contribution is -0.113. The molecule has 0 amide bonds. The number of aryl methyl sites for hydroxylation is 1. The van der Waals surface area contributed by atoms with Gasteiger partial charge in [-0.2, -0.15) is 0 Å². The van der Waals surface area contributed by atoms with Crippen molar-refractivity contribution in [1.29, 1.82) is 0 Å². The monoisotopic (exact) mass is 585 g/mol. The second-order valence-corrected chi connectivity index (χ2v) is 11.5. The number of ketones is 1. The van der Waals surface area contributed by atoms with E-state index in [0.29, 0.717) is 29.7 Å². The van der Waals surface area contributed by atoms with E-state index in [-0.39, 0.29) is 12.2 Å². The quantitative estimate of drug-likeness (QED) is 0.102. The first kappa shape index (κ1) is 31.1. The van der Waals surface area contributed by atoms with E-state index >= 15 is 0 Å². The fourth-order valence-electron chi connectivity index (χ4n) is 4.36. The first-order chi connectivity index (χ1) is 20.6. The van der Waals surface area contributed by atoms with Gasteiger partial charge in [0.05, 0.1) is 23.2 Å². The highest BCUT2D eigenvalue weighted by Gasteiger charge is 2.11. The van der Waals surface area contributed by atoms with Crippen LogP contribution < -0.4 is 4.74 Å². The molecule has 0 aliphatic rings. The van der Waals surface area contributed by atoms with Gasteiger partial charge in [0, 0.05) is 24.5 Å². The molecule has 4 aromatic rings. The number of nitrogens with zero attached hydrogens (tertiary/aromatic N) is 3. The lowest BCUT2D eigenvalue weighted by Crippen LogP contribution is -2.07. The van der Waals surface area contributed by atoms with Crippen molar-refractivity contribution in [3.05, 3.63) is 102 Å². The second kappa shape index (κ2) is 16.5. The minimum atomic E-state index is -1.23. The zero-order valence-electron chi connectivity index (χ0n) is 24.4. The third-order valence-corrected chi connectivity index (χ3v) is 7.98. The number of unbranched alkanes of at least 4 members (excludes halogenated alkanes) is 1. The molecule has 0 saturated heterocycles. The molecule has 8 heteroatoms. The van der Waals surface area contributed by atoms with E-state index in [9.17, 15) is 9.00 Å². The Hall–Kier alpha value is -3.88. The fraction of sp³-hybridized carbons (Fsp3) is 0.324. The van der Waals surface area contributed by atoms with Crippen molar-refractivity contribution in [2.45, 2.75) is 56.7 Å². The van der Waals surface area contributed by atoms with Gasteiger partial charge >= 0.3 is 0 Å². The first-order valence-corrected chi connectivity index (χ1v) is 15.8. The van der Waals surface area contributed by atoms with Gasteiger partial charge in [-0.3, -0.25) is 9.00 Å². The van der Waals surface area contributed by atoms with Gasteiger partial charge in [0.1, 0.15) is 24.5 Å². The lowest BCUT2D eigenvalue weighted by Gasteiger charge is -2.08. The van der Waals surface area contributed by atoms with Crippen LogP contribution in [-0.4, -0.2) is 44.6 Å². The largest absolute Gasteiger partial charge is 0.491 e. The number of hydrogen-bond donors (Lipinski definition) is 0. The Morgan fingerprint density at radius 1 is 0.929 bits per heavy atom. The zero-order chi connectivity index (χ0) is 29.6. The van der Waals surface area contributed by atoms with Crippen LogP contribution in [0.15, 0.2) is 90.1 Å². The maximum Gasteiger partial charge on any atom is 0.160 e. The Bertz CT molecular complexity index is 1460. The number of carbonyl (C=O) groups is 1. The topological polar surface area (TPSA) is 83.3 Å². The number of rotatable bonds is 17. The predicted molar refractivity (Wildman–Crippen MR) is 168 cm³/mol. The van der Waals surface area contributed by atoms with Crippen molar-refractivity contribution in [3.63, 3.8) is 0 Å². The maximum atomic E-state index is 12.8. The smallest absolute Gasteiger partial charge is 0.160 e. The van der Waals surface area contributed by atoms with E-state index < -0.39 is 10.8 Å². The molecule has 7 nitrogen and oxygen atoms in total. The zero-order valence-corrected chi connectivity index (χ0v) is 25.2. The van der Waals surface area contributed by atoms with Gasteiger partial charge in [-0.05, 0) is 71.5 Å². The second-order valence-electron chi connectivity index (χ2n) is 10.0. The van der Waals surface area contributed by atoms with E-state index in [1.54, 1.807) is 12.4 Å². The molecular formula is C34H39N3O4S. The van der Waals surface area contributed by atoms with Crippen LogP contribution in [0.3, 0.4) is 0 Å². The Morgan fingerprint density at radius 3 is 2.50 bits per heavy atom. The van der Waals surface area contributed by atoms with Crippen molar-refractivity contribution < 1.29 is 18.5 Å². The average Bonchev–Trinajstić information content (AvgIpc) is 3.45. The van der Waals surface area contributed by atoms with E-state index in [2.05, 4.69) is 36.2 Å². The summed E-state index contributed by atoms with van der Waals surface area (Å²) in [5.41, 5.74) is 3.97. The van der Waals surface area contributed by atoms with E-state index in [0.717, 1.165) is 60.4 Å². The van der Waals surface area contributed by atoms with Crippen LogP contribution in [0.25, 0.3) is 17.2 Å². The molecule has 1 atom stereocenters. The van der Waals surface area contributed by atoms with Gasteiger partial charge in [0.2, 0.25) is 0 Å². The van der Waals surface area contributed by atoms with Gasteiger partial charge < -0.3 is 14.0 Å². The molecule has 0 radical (unpaired) electrons. The fourth-order valence-corrected chi connectivity index (χ4v) is 5.42. The summed E-state index contributed by atoms with van der Waals surface area (Å²) in [5, 5.41) is 8.05. The van der Waals surface area contributed by atoms with Gasteiger partial charge in [-0.1, -0.05) is 68.8 Å². The highest BCUT2D eigenvalue weighted by Crippen LogP contribution is 2.24. The molecular weight excluding hydrogens is 546 g/mol. The van der Waals surface area contributed by atoms with Gasteiger partial charge in [-0.15, -0.1) is 10.2 Å². The molecule has 0 aliphatic carbocycles. The Kier molecular flexibility index (Phi) is 12.2. The molecule has 0 N–H and O–H groups in total. The molecule has 0 saturated carbocycles. The van der Waals surface area contributed by atoms with Crippen molar-refractivity contribution in [2.75, 3.05) is 19.8 Å². The minimum Gasteiger partial charge on any atom is -0.491 e. The van der Waals surface area contributed by atoms with E-state index in [4.69, 9.17) is 9.47 Å². The van der Waals surface area contributed by atoms with Crippen molar-refractivity contribution in [3.8, 4) is 16.9 Å². The number of hydrogen-bond acceptors (Lipinski definition) is 6. The van der Waals surface area contributed by atoms with Crippen LogP contribution in [0.4, 0.5) is 0 Å². The maximum absolute atomic E-state index is 12.8. The molecule has 0 fully saturated rings. The molecule has 3 aromatic carbocycles. The number of benzene rings is 3. The predicted octanol–water partition coefficient (Wildman–Crippen LogP) is 6.68. The summed E-state index contributed by atoms with van der Waals surface area (Å²) in [6.07, 6.45) is 8.57. The minimum absolute atomic E-state index is 0.00196. The summed E-state index contributed by atoms with van der Waals surface area (Å²) >= 11 is 0. The van der Waals surface area contributed by atoms with Crippen LogP contribution in [0.1, 0.15) is 50.1 Å². The number of aromatic nitrogens is 3. The molecule has 1 heterocycles. The molecule has 0 aliphatic heterocycles. The van der Waals surface area contributed by atoms with Crippen molar-refractivity contribution in [1.82, 2.24) is 14.8 Å². The summed E-state index contributed by atoms with van der Waals surface area (Å²) in [7, 11) is -1.23. The molecule has 0 bridgehead atoms. The SMILES string of the molecule is CCCCOCCOc1ccc(-c2cccc(/C=C/C(=O)Cc3ccc(S(=O)Cc4nncn4CCC)cc3)c2)cc1. The van der Waals surface area contributed by atoms with Crippen LogP contribution >= 0.6 is 0 Å². The normalized spacial score (nSPS) is 12.0. The average molecular weight is 586 g/mol.